The van der Waals surface area contributed by atoms with E-state index in [1.165, 1.54) is 4.90 Å². The van der Waals surface area contributed by atoms with Crippen LogP contribution in [0.1, 0.15) is 31.9 Å². The van der Waals surface area contributed by atoms with Crippen LogP contribution in [-0.2, 0) is 22.6 Å². The van der Waals surface area contributed by atoms with E-state index < -0.39 is 6.04 Å². The van der Waals surface area contributed by atoms with Gasteiger partial charge in [-0.2, -0.15) is 0 Å². The third-order valence-corrected chi connectivity index (χ3v) is 5.89. The van der Waals surface area contributed by atoms with Gasteiger partial charge in [0.1, 0.15) is 6.04 Å². The number of hydrogen-bond acceptors (Lipinski definition) is 2. The molecule has 1 N–H and O–H groups in total. The standard InChI is InChI=1S/C22H24Cl4N2O2/c1-13(2)11-27-22(30)14(3)28(12-15-7-8-16(23)9-20(15)26)21(29)10-17-18(24)5-4-6-19(17)25/h4-9,13-14H,10-12H2,1-3H3,(H,27,30)/t14-/m1/s1. The van der Waals surface area contributed by atoms with E-state index in [0.29, 0.717) is 37.8 Å². The fraction of sp³-hybridized carbons (Fsp3) is 0.364. The Morgan fingerprint density at radius 1 is 0.967 bits per heavy atom. The van der Waals surface area contributed by atoms with Crippen molar-refractivity contribution in [3.8, 4) is 0 Å². The van der Waals surface area contributed by atoms with Crippen molar-refractivity contribution in [3.63, 3.8) is 0 Å². The van der Waals surface area contributed by atoms with Gasteiger partial charge in [0.15, 0.2) is 0 Å². The lowest BCUT2D eigenvalue weighted by Crippen LogP contribution is -2.48. The summed E-state index contributed by atoms with van der Waals surface area (Å²) in [7, 11) is 0. The van der Waals surface area contributed by atoms with Crippen LogP contribution in [0.15, 0.2) is 36.4 Å². The number of benzene rings is 2. The maximum atomic E-state index is 13.2. The average Bonchev–Trinajstić information content (AvgIpc) is 2.67. The number of carbonyl (C=O) groups is 2. The molecule has 0 aliphatic carbocycles. The van der Waals surface area contributed by atoms with Gasteiger partial charge < -0.3 is 10.2 Å². The molecule has 2 rings (SSSR count). The van der Waals surface area contributed by atoms with Gasteiger partial charge in [0, 0.05) is 33.2 Å². The van der Waals surface area contributed by atoms with Crippen molar-refractivity contribution in [2.24, 2.45) is 5.92 Å². The Kier molecular flexibility index (Phi) is 9.30. The molecule has 0 aromatic heterocycles. The molecule has 0 bridgehead atoms. The number of hydrogen-bond donors (Lipinski definition) is 1. The number of nitrogens with one attached hydrogen (secondary N) is 1. The quantitative estimate of drug-likeness (QED) is 0.491. The SMILES string of the molecule is CC(C)CNC(=O)[C@@H](C)N(Cc1ccc(Cl)cc1Cl)C(=O)Cc1c(Cl)cccc1Cl. The van der Waals surface area contributed by atoms with Crippen molar-refractivity contribution in [2.75, 3.05) is 6.54 Å². The second-order valence-electron chi connectivity index (χ2n) is 7.45. The first-order valence-corrected chi connectivity index (χ1v) is 11.0. The van der Waals surface area contributed by atoms with Gasteiger partial charge in [0.05, 0.1) is 6.42 Å². The lowest BCUT2D eigenvalue weighted by atomic mass is 10.1. The smallest absolute Gasteiger partial charge is 0.242 e. The number of halogens is 4. The summed E-state index contributed by atoms with van der Waals surface area (Å²) in [5.41, 5.74) is 1.20. The molecule has 1 atom stereocenters. The number of nitrogens with zero attached hydrogens (tertiary/aromatic N) is 1. The molecule has 162 valence electrons. The lowest BCUT2D eigenvalue weighted by Gasteiger charge is -2.29. The molecule has 2 aromatic carbocycles. The normalized spacial score (nSPS) is 12.0. The van der Waals surface area contributed by atoms with Gasteiger partial charge in [0.2, 0.25) is 11.8 Å². The summed E-state index contributed by atoms with van der Waals surface area (Å²) >= 11 is 24.8. The number of rotatable bonds is 8. The fourth-order valence-electron chi connectivity index (χ4n) is 2.82. The molecule has 0 aliphatic rings. The molecule has 0 heterocycles. The van der Waals surface area contributed by atoms with Crippen LogP contribution in [0, 0.1) is 5.92 Å². The molecular formula is C22H24Cl4N2O2. The molecule has 30 heavy (non-hydrogen) atoms. The Balaban J connectivity index is 2.31. The molecule has 0 aliphatic heterocycles. The Hall–Kier alpha value is -1.46. The van der Waals surface area contributed by atoms with Crippen LogP contribution >= 0.6 is 46.4 Å². The van der Waals surface area contributed by atoms with Crippen LogP contribution in [0.4, 0.5) is 0 Å². The third-order valence-electron chi connectivity index (χ3n) is 4.60. The summed E-state index contributed by atoms with van der Waals surface area (Å²) < 4.78 is 0. The van der Waals surface area contributed by atoms with E-state index in [-0.39, 0.29) is 30.7 Å². The van der Waals surface area contributed by atoms with Crippen molar-refractivity contribution in [1.82, 2.24) is 10.2 Å². The van der Waals surface area contributed by atoms with E-state index in [4.69, 9.17) is 46.4 Å². The summed E-state index contributed by atoms with van der Waals surface area (Å²) in [6.45, 7) is 6.35. The molecule has 4 nitrogen and oxygen atoms in total. The number of amides is 2. The molecule has 0 saturated heterocycles. The zero-order valence-corrected chi connectivity index (χ0v) is 20.0. The summed E-state index contributed by atoms with van der Waals surface area (Å²) in [6, 6.07) is 9.39. The van der Waals surface area contributed by atoms with E-state index >= 15 is 0 Å². The van der Waals surface area contributed by atoms with E-state index in [9.17, 15) is 9.59 Å². The first kappa shape index (κ1) is 24.8. The van der Waals surface area contributed by atoms with Gasteiger partial charge in [-0.3, -0.25) is 9.59 Å². The third kappa shape index (κ3) is 6.78. The fourth-order valence-corrected chi connectivity index (χ4v) is 3.82. The monoisotopic (exact) mass is 488 g/mol. The van der Waals surface area contributed by atoms with Crippen molar-refractivity contribution in [3.05, 3.63) is 67.6 Å². The zero-order valence-electron chi connectivity index (χ0n) is 17.0. The van der Waals surface area contributed by atoms with E-state index in [1.54, 1.807) is 43.3 Å². The summed E-state index contributed by atoms with van der Waals surface area (Å²) in [5, 5.41) is 4.59. The largest absolute Gasteiger partial charge is 0.354 e. The van der Waals surface area contributed by atoms with Gasteiger partial charge in [-0.25, -0.2) is 0 Å². The topological polar surface area (TPSA) is 49.4 Å². The highest BCUT2D eigenvalue weighted by Crippen LogP contribution is 2.27. The minimum Gasteiger partial charge on any atom is -0.354 e. The predicted octanol–water partition coefficient (Wildman–Crippen LogP) is 6.03. The average molecular weight is 490 g/mol. The molecule has 0 unspecified atom stereocenters. The molecule has 0 spiro atoms. The van der Waals surface area contributed by atoms with Gasteiger partial charge in [-0.15, -0.1) is 0 Å². The summed E-state index contributed by atoms with van der Waals surface area (Å²) in [6.07, 6.45) is -0.0362. The van der Waals surface area contributed by atoms with Gasteiger partial charge >= 0.3 is 0 Å². The van der Waals surface area contributed by atoms with Gasteiger partial charge in [0.25, 0.3) is 0 Å². The minimum atomic E-state index is -0.718. The summed E-state index contributed by atoms with van der Waals surface area (Å²) in [4.78, 5) is 27.4. The van der Waals surface area contributed by atoms with Crippen molar-refractivity contribution in [1.29, 1.82) is 0 Å². The van der Waals surface area contributed by atoms with Crippen molar-refractivity contribution in [2.45, 2.75) is 39.8 Å². The van der Waals surface area contributed by atoms with Gasteiger partial charge in [-0.05, 0) is 48.2 Å². The highest BCUT2D eigenvalue weighted by Gasteiger charge is 2.27. The maximum Gasteiger partial charge on any atom is 0.242 e. The van der Waals surface area contributed by atoms with Crippen LogP contribution in [0.3, 0.4) is 0 Å². The van der Waals surface area contributed by atoms with Gasteiger partial charge in [-0.1, -0.05) is 72.4 Å². The van der Waals surface area contributed by atoms with E-state index in [1.807, 2.05) is 13.8 Å². The van der Waals surface area contributed by atoms with Crippen molar-refractivity contribution >= 4 is 58.2 Å². The zero-order chi connectivity index (χ0) is 22.4. The van der Waals surface area contributed by atoms with Crippen LogP contribution in [-0.4, -0.2) is 29.3 Å². The van der Waals surface area contributed by atoms with Crippen LogP contribution in [0.25, 0.3) is 0 Å². The van der Waals surface area contributed by atoms with Crippen LogP contribution in [0.2, 0.25) is 20.1 Å². The molecule has 0 saturated carbocycles. The molecule has 8 heteroatoms. The summed E-state index contributed by atoms with van der Waals surface area (Å²) in [5.74, 6) is -0.242. The second-order valence-corrected chi connectivity index (χ2v) is 9.11. The Bertz CT molecular complexity index is 898. The molecule has 2 aromatic rings. The first-order valence-electron chi connectivity index (χ1n) is 9.54. The highest BCUT2D eigenvalue weighted by atomic mass is 35.5. The number of carbonyl (C=O) groups excluding carboxylic acids is 2. The minimum absolute atomic E-state index is 0.0362. The van der Waals surface area contributed by atoms with E-state index in [2.05, 4.69) is 5.32 Å². The molecule has 2 amide bonds. The predicted molar refractivity (Wildman–Crippen MR) is 124 cm³/mol. The van der Waals surface area contributed by atoms with Crippen LogP contribution < -0.4 is 5.32 Å². The highest BCUT2D eigenvalue weighted by molar-refractivity contribution is 6.36. The maximum absolute atomic E-state index is 13.2. The van der Waals surface area contributed by atoms with Crippen LogP contribution in [0.5, 0.6) is 0 Å². The lowest BCUT2D eigenvalue weighted by molar-refractivity contribution is -0.140. The first-order chi connectivity index (χ1) is 14.1. The second kappa shape index (κ2) is 11.2. The Morgan fingerprint density at radius 3 is 2.17 bits per heavy atom. The van der Waals surface area contributed by atoms with Crippen molar-refractivity contribution < 1.29 is 9.59 Å². The molecule has 0 radical (unpaired) electrons. The Morgan fingerprint density at radius 2 is 1.60 bits per heavy atom. The Labute approximate surface area is 197 Å². The molecule has 0 fully saturated rings. The van der Waals surface area contributed by atoms with E-state index in [0.717, 1.165) is 0 Å². The molecular weight excluding hydrogens is 466 g/mol.